The highest BCUT2D eigenvalue weighted by Gasteiger charge is 2.35. The van der Waals surface area contributed by atoms with Gasteiger partial charge in [-0.15, -0.1) is 0 Å². The normalized spacial score (nSPS) is 16.0. The third-order valence-corrected chi connectivity index (χ3v) is 7.48. The molecule has 0 spiro atoms. The summed E-state index contributed by atoms with van der Waals surface area (Å²) in [6, 6.07) is 23.1. The Hall–Kier alpha value is -2.87. The Kier molecular flexibility index (Phi) is 6.24. The number of halogens is 2. The molecule has 32 heavy (non-hydrogen) atoms. The Morgan fingerprint density at radius 3 is 2.34 bits per heavy atom. The van der Waals surface area contributed by atoms with Crippen molar-refractivity contribution in [3.63, 3.8) is 0 Å². The lowest BCUT2D eigenvalue weighted by Crippen LogP contribution is -2.41. The highest BCUT2D eigenvalue weighted by Crippen LogP contribution is 2.30. The molecule has 0 saturated heterocycles. The zero-order valence-corrected chi connectivity index (χ0v) is 19.4. The average Bonchev–Trinajstić information content (AvgIpc) is 3.24. The molecule has 0 bridgehead atoms. The summed E-state index contributed by atoms with van der Waals surface area (Å²) in [7, 11) is -2.63. The number of guanidine groups is 1. The molecular weight excluding hydrogens is 467 g/mol. The van der Waals surface area contributed by atoms with Crippen LogP contribution >= 0.6 is 23.2 Å². The van der Waals surface area contributed by atoms with E-state index < -0.39 is 10.0 Å². The molecule has 1 unspecified atom stereocenters. The van der Waals surface area contributed by atoms with Gasteiger partial charge in [0.1, 0.15) is 0 Å². The molecule has 0 fully saturated rings. The molecule has 0 amide bonds. The predicted octanol–water partition coefficient (Wildman–Crippen LogP) is 5.05. The lowest BCUT2D eigenvalue weighted by Gasteiger charge is -2.25. The molecule has 3 aromatic carbocycles. The standard InChI is InChI=1S/C23H20Cl2N4O2S/c1-28(32(30,31)20-9-5-8-19(25)14-20)23(26)29-15-21(16-6-3-2-4-7-16)22(27-29)17-10-12-18(24)13-11-17/h2-14,21,26H,15H2,1H3. The van der Waals surface area contributed by atoms with Crippen LogP contribution in [0.3, 0.4) is 0 Å². The number of nitrogens with zero attached hydrogens (tertiary/aromatic N) is 3. The molecule has 3 aromatic rings. The second-order valence-electron chi connectivity index (χ2n) is 7.29. The number of hydrazone groups is 1. The van der Waals surface area contributed by atoms with Crippen molar-refractivity contribution in [3.05, 3.63) is 100 Å². The first-order chi connectivity index (χ1) is 15.3. The number of rotatable bonds is 4. The highest BCUT2D eigenvalue weighted by atomic mass is 35.5. The van der Waals surface area contributed by atoms with E-state index in [1.807, 2.05) is 42.5 Å². The number of benzene rings is 3. The summed E-state index contributed by atoms with van der Waals surface area (Å²) >= 11 is 12.0. The van der Waals surface area contributed by atoms with E-state index in [2.05, 4.69) is 5.10 Å². The average molecular weight is 487 g/mol. The zero-order chi connectivity index (χ0) is 22.9. The quantitative estimate of drug-likeness (QED) is 0.413. The first-order valence-corrected chi connectivity index (χ1v) is 12.0. The summed E-state index contributed by atoms with van der Waals surface area (Å²) in [6.07, 6.45) is 0. The van der Waals surface area contributed by atoms with Crippen molar-refractivity contribution in [2.45, 2.75) is 10.8 Å². The Morgan fingerprint density at radius 1 is 1.00 bits per heavy atom. The van der Waals surface area contributed by atoms with Gasteiger partial charge in [-0.05, 0) is 41.5 Å². The smallest absolute Gasteiger partial charge is 0.266 e. The minimum Gasteiger partial charge on any atom is -0.267 e. The van der Waals surface area contributed by atoms with E-state index in [9.17, 15) is 8.42 Å². The van der Waals surface area contributed by atoms with Gasteiger partial charge >= 0.3 is 0 Å². The molecular formula is C23H20Cl2N4O2S. The van der Waals surface area contributed by atoms with Crippen LogP contribution in [0.25, 0.3) is 0 Å². The third kappa shape index (κ3) is 4.37. The summed E-state index contributed by atoms with van der Waals surface area (Å²) in [4.78, 5) is 0.0120. The van der Waals surface area contributed by atoms with Crippen LogP contribution < -0.4 is 0 Å². The monoisotopic (exact) mass is 486 g/mol. The van der Waals surface area contributed by atoms with Crippen LogP contribution in [0.1, 0.15) is 17.0 Å². The van der Waals surface area contributed by atoms with Crippen LogP contribution in [0.4, 0.5) is 0 Å². The second kappa shape index (κ2) is 8.94. The van der Waals surface area contributed by atoms with E-state index in [-0.39, 0.29) is 16.8 Å². The molecule has 1 atom stereocenters. The SMILES string of the molecule is CN(C(=N)N1CC(c2ccccc2)C(c2ccc(Cl)cc2)=N1)S(=O)(=O)c1cccc(Cl)c1. The van der Waals surface area contributed by atoms with Crippen LogP contribution in [-0.4, -0.2) is 43.0 Å². The van der Waals surface area contributed by atoms with Gasteiger partial charge in [-0.1, -0.05) is 71.7 Å². The van der Waals surface area contributed by atoms with Gasteiger partial charge in [0.15, 0.2) is 0 Å². The lowest BCUT2D eigenvalue weighted by atomic mass is 9.91. The molecule has 0 saturated carbocycles. The van der Waals surface area contributed by atoms with Crippen LogP contribution in [-0.2, 0) is 10.0 Å². The molecule has 1 aliphatic rings. The minimum atomic E-state index is -3.97. The lowest BCUT2D eigenvalue weighted by molar-refractivity contribution is 0.421. The van der Waals surface area contributed by atoms with Gasteiger partial charge < -0.3 is 0 Å². The second-order valence-corrected chi connectivity index (χ2v) is 10.1. The van der Waals surface area contributed by atoms with E-state index in [0.717, 1.165) is 21.1 Å². The summed E-state index contributed by atoms with van der Waals surface area (Å²) in [5.74, 6) is -0.394. The van der Waals surface area contributed by atoms with Gasteiger partial charge in [-0.25, -0.2) is 17.7 Å². The van der Waals surface area contributed by atoms with Gasteiger partial charge in [0, 0.05) is 23.0 Å². The van der Waals surface area contributed by atoms with Crippen LogP contribution in [0.15, 0.2) is 88.9 Å². The summed E-state index contributed by atoms with van der Waals surface area (Å²) in [5.41, 5.74) is 2.63. The van der Waals surface area contributed by atoms with Crippen molar-refractivity contribution in [2.24, 2.45) is 5.10 Å². The molecule has 6 nitrogen and oxygen atoms in total. The van der Waals surface area contributed by atoms with E-state index >= 15 is 0 Å². The molecule has 0 aromatic heterocycles. The van der Waals surface area contributed by atoms with E-state index in [0.29, 0.717) is 16.6 Å². The van der Waals surface area contributed by atoms with Crippen LogP contribution in [0.5, 0.6) is 0 Å². The molecule has 0 radical (unpaired) electrons. The molecule has 164 valence electrons. The largest absolute Gasteiger partial charge is 0.267 e. The first kappa shape index (κ1) is 22.3. The molecule has 4 rings (SSSR count). The highest BCUT2D eigenvalue weighted by molar-refractivity contribution is 7.89. The third-order valence-electron chi connectivity index (χ3n) is 5.25. The molecule has 1 heterocycles. The van der Waals surface area contributed by atoms with Crippen molar-refractivity contribution in [3.8, 4) is 0 Å². The Balaban J connectivity index is 1.68. The molecule has 1 aliphatic heterocycles. The van der Waals surface area contributed by atoms with Crippen LogP contribution in [0.2, 0.25) is 10.0 Å². The van der Waals surface area contributed by atoms with Crippen molar-refractivity contribution in [2.75, 3.05) is 13.6 Å². The minimum absolute atomic E-state index is 0.0120. The fourth-order valence-corrected chi connectivity index (χ4v) is 5.07. The van der Waals surface area contributed by atoms with Crippen molar-refractivity contribution >= 4 is 44.9 Å². The summed E-state index contributed by atoms with van der Waals surface area (Å²) < 4.78 is 27.0. The van der Waals surface area contributed by atoms with Gasteiger partial charge in [-0.3, -0.25) is 5.41 Å². The molecule has 1 N–H and O–H groups in total. The fraction of sp³-hybridized carbons (Fsp3) is 0.130. The first-order valence-electron chi connectivity index (χ1n) is 9.77. The maximum Gasteiger partial charge on any atom is 0.266 e. The topological polar surface area (TPSA) is 76.8 Å². The van der Waals surface area contributed by atoms with Crippen molar-refractivity contribution < 1.29 is 8.42 Å². The number of hydrogen-bond acceptors (Lipinski definition) is 4. The van der Waals surface area contributed by atoms with Crippen molar-refractivity contribution in [1.82, 2.24) is 9.31 Å². The van der Waals surface area contributed by atoms with Crippen molar-refractivity contribution in [1.29, 1.82) is 5.41 Å². The fourth-order valence-electron chi connectivity index (χ4n) is 3.52. The van der Waals surface area contributed by atoms with Gasteiger partial charge in [0.2, 0.25) is 5.96 Å². The van der Waals surface area contributed by atoms with Gasteiger partial charge in [-0.2, -0.15) is 5.10 Å². The zero-order valence-electron chi connectivity index (χ0n) is 17.1. The summed E-state index contributed by atoms with van der Waals surface area (Å²) in [6.45, 7) is 0.330. The maximum atomic E-state index is 13.1. The molecule has 0 aliphatic carbocycles. The Morgan fingerprint density at radius 2 is 1.69 bits per heavy atom. The van der Waals surface area contributed by atoms with Crippen LogP contribution in [0, 0.1) is 5.41 Å². The Bertz CT molecular complexity index is 1280. The number of sulfonamides is 1. The maximum absolute atomic E-state index is 13.1. The predicted molar refractivity (Wildman–Crippen MR) is 128 cm³/mol. The van der Waals surface area contributed by atoms with Gasteiger partial charge in [0.05, 0.1) is 17.2 Å². The Labute approximate surface area is 197 Å². The van der Waals surface area contributed by atoms with E-state index in [1.54, 1.807) is 24.3 Å². The summed E-state index contributed by atoms with van der Waals surface area (Å²) in [5, 5.41) is 15.6. The van der Waals surface area contributed by atoms with E-state index in [1.165, 1.54) is 24.2 Å². The number of hydrogen-bond donors (Lipinski definition) is 1. The number of nitrogens with one attached hydrogen (secondary N) is 1. The van der Waals surface area contributed by atoms with Gasteiger partial charge in [0.25, 0.3) is 10.0 Å². The van der Waals surface area contributed by atoms with E-state index in [4.69, 9.17) is 28.6 Å². The molecule has 9 heteroatoms.